The van der Waals surface area contributed by atoms with E-state index in [9.17, 15) is 13.2 Å². The zero-order valence-electron chi connectivity index (χ0n) is 15.2. The highest BCUT2D eigenvalue weighted by Crippen LogP contribution is 2.26. The molecule has 1 aromatic heterocycles. The second kappa shape index (κ2) is 8.09. The topological polar surface area (TPSA) is 111 Å². The minimum Gasteiger partial charge on any atom is -0.497 e. The van der Waals surface area contributed by atoms with E-state index in [2.05, 4.69) is 10.3 Å². The molecule has 0 aliphatic rings. The number of carbonyl (C=O) groups is 1. The van der Waals surface area contributed by atoms with Crippen LogP contribution < -0.4 is 15.2 Å². The third kappa shape index (κ3) is 4.56. The SMILES string of the molecule is COc1ccc(-c2nc(C(=O)NC(C)c3cccc(S(N)(=O)=O)c3)cs2)cc1. The third-order valence-corrected chi connectivity index (χ3v) is 5.91. The number of nitrogens with zero attached hydrogens (tertiary/aromatic N) is 1. The van der Waals surface area contributed by atoms with Crippen LogP contribution >= 0.6 is 11.3 Å². The van der Waals surface area contributed by atoms with E-state index >= 15 is 0 Å². The Morgan fingerprint density at radius 3 is 2.57 bits per heavy atom. The highest BCUT2D eigenvalue weighted by atomic mass is 32.2. The number of rotatable bonds is 6. The predicted octanol–water partition coefficient (Wildman–Crippen LogP) is 2.96. The first-order valence-electron chi connectivity index (χ1n) is 8.31. The molecule has 1 heterocycles. The van der Waals surface area contributed by atoms with Crippen LogP contribution in [0.15, 0.2) is 58.8 Å². The van der Waals surface area contributed by atoms with Gasteiger partial charge < -0.3 is 10.1 Å². The Balaban J connectivity index is 1.74. The van der Waals surface area contributed by atoms with Gasteiger partial charge in [0.2, 0.25) is 10.0 Å². The lowest BCUT2D eigenvalue weighted by molar-refractivity contribution is 0.0935. The molecule has 0 saturated carbocycles. The van der Waals surface area contributed by atoms with Crippen molar-refractivity contribution >= 4 is 27.3 Å². The quantitative estimate of drug-likeness (QED) is 0.640. The van der Waals surface area contributed by atoms with E-state index in [0.717, 1.165) is 16.3 Å². The van der Waals surface area contributed by atoms with Crippen LogP contribution in [0.3, 0.4) is 0 Å². The van der Waals surface area contributed by atoms with Crippen LogP contribution in [-0.4, -0.2) is 26.4 Å². The highest BCUT2D eigenvalue weighted by Gasteiger charge is 2.17. The first-order valence-corrected chi connectivity index (χ1v) is 10.7. The van der Waals surface area contributed by atoms with Gasteiger partial charge in [-0.25, -0.2) is 18.5 Å². The van der Waals surface area contributed by atoms with Crippen LogP contribution in [0.5, 0.6) is 5.75 Å². The number of primary sulfonamides is 1. The number of hydrogen-bond acceptors (Lipinski definition) is 6. The highest BCUT2D eigenvalue weighted by molar-refractivity contribution is 7.89. The number of carbonyl (C=O) groups excluding carboxylic acids is 1. The normalized spacial score (nSPS) is 12.4. The fraction of sp³-hybridized carbons (Fsp3) is 0.158. The molecule has 28 heavy (non-hydrogen) atoms. The minimum atomic E-state index is -3.80. The number of nitrogens with two attached hydrogens (primary N) is 1. The third-order valence-electron chi connectivity index (χ3n) is 4.11. The summed E-state index contributed by atoms with van der Waals surface area (Å²) >= 11 is 1.36. The van der Waals surface area contributed by atoms with Gasteiger partial charge in [0.15, 0.2) is 0 Å². The molecule has 7 nitrogen and oxygen atoms in total. The molecule has 3 rings (SSSR count). The van der Waals surface area contributed by atoms with Gasteiger partial charge in [0.1, 0.15) is 16.5 Å². The molecule has 0 radical (unpaired) electrons. The molecule has 3 aromatic rings. The summed E-state index contributed by atoms with van der Waals surface area (Å²) in [5.74, 6) is 0.401. The van der Waals surface area contributed by atoms with Crippen LogP contribution in [0.2, 0.25) is 0 Å². The Labute approximate surface area is 167 Å². The maximum Gasteiger partial charge on any atom is 0.271 e. The Bertz CT molecular complexity index is 1090. The zero-order chi connectivity index (χ0) is 20.3. The monoisotopic (exact) mass is 417 g/mol. The first kappa shape index (κ1) is 20.0. The lowest BCUT2D eigenvalue weighted by Crippen LogP contribution is -2.27. The van der Waals surface area contributed by atoms with E-state index < -0.39 is 16.1 Å². The standard InChI is InChI=1S/C19H19N3O4S2/c1-12(14-4-3-5-16(10-14)28(20,24)25)21-18(23)17-11-27-19(22-17)13-6-8-15(26-2)9-7-13/h3-12H,1-2H3,(H,21,23)(H2,20,24,25). The Morgan fingerprint density at radius 1 is 1.21 bits per heavy atom. The maximum atomic E-state index is 12.5. The summed E-state index contributed by atoms with van der Waals surface area (Å²) in [6, 6.07) is 13.2. The van der Waals surface area contributed by atoms with Gasteiger partial charge in [0, 0.05) is 10.9 Å². The summed E-state index contributed by atoms with van der Waals surface area (Å²) in [4.78, 5) is 16.9. The van der Waals surface area contributed by atoms with E-state index in [4.69, 9.17) is 9.88 Å². The molecule has 1 amide bonds. The molecule has 9 heteroatoms. The molecule has 1 atom stereocenters. The van der Waals surface area contributed by atoms with Crippen molar-refractivity contribution in [1.29, 1.82) is 0 Å². The van der Waals surface area contributed by atoms with E-state index in [0.29, 0.717) is 11.3 Å². The lowest BCUT2D eigenvalue weighted by atomic mass is 10.1. The average molecular weight is 418 g/mol. The van der Waals surface area contributed by atoms with Crippen LogP contribution in [0.1, 0.15) is 29.0 Å². The number of aromatic nitrogens is 1. The lowest BCUT2D eigenvalue weighted by Gasteiger charge is -2.14. The summed E-state index contributed by atoms with van der Waals surface area (Å²) in [5, 5.41) is 10.4. The van der Waals surface area contributed by atoms with E-state index in [1.807, 2.05) is 24.3 Å². The van der Waals surface area contributed by atoms with Crippen molar-refractivity contribution < 1.29 is 17.9 Å². The van der Waals surface area contributed by atoms with Crippen molar-refractivity contribution in [3.8, 4) is 16.3 Å². The minimum absolute atomic E-state index is 0.00143. The van der Waals surface area contributed by atoms with Gasteiger partial charge in [-0.05, 0) is 48.9 Å². The smallest absolute Gasteiger partial charge is 0.271 e. The zero-order valence-corrected chi connectivity index (χ0v) is 16.9. The molecule has 1 unspecified atom stereocenters. The molecule has 0 aliphatic carbocycles. The van der Waals surface area contributed by atoms with Crippen molar-refractivity contribution in [2.45, 2.75) is 17.9 Å². The van der Waals surface area contributed by atoms with Crippen molar-refractivity contribution in [2.24, 2.45) is 5.14 Å². The van der Waals surface area contributed by atoms with E-state index in [1.165, 1.54) is 23.5 Å². The summed E-state index contributed by atoms with van der Waals surface area (Å²) < 4.78 is 28.1. The molecule has 0 saturated heterocycles. The van der Waals surface area contributed by atoms with Crippen molar-refractivity contribution in [2.75, 3.05) is 7.11 Å². The van der Waals surface area contributed by atoms with Gasteiger partial charge in [-0.1, -0.05) is 12.1 Å². The van der Waals surface area contributed by atoms with Crippen molar-refractivity contribution in [3.63, 3.8) is 0 Å². The molecule has 0 aliphatic heterocycles. The fourth-order valence-electron chi connectivity index (χ4n) is 2.56. The fourth-order valence-corrected chi connectivity index (χ4v) is 3.93. The maximum absolute atomic E-state index is 12.5. The summed E-state index contributed by atoms with van der Waals surface area (Å²) in [7, 11) is -2.21. The summed E-state index contributed by atoms with van der Waals surface area (Å²) in [5.41, 5.74) is 1.81. The number of thiazole rings is 1. The molecule has 0 fully saturated rings. The second-order valence-electron chi connectivity index (χ2n) is 6.08. The van der Waals surface area contributed by atoms with Gasteiger partial charge in [-0.15, -0.1) is 11.3 Å². The van der Waals surface area contributed by atoms with Crippen LogP contribution in [0.25, 0.3) is 10.6 Å². The number of amides is 1. The second-order valence-corrected chi connectivity index (χ2v) is 8.50. The van der Waals surface area contributed by atoms with Crippen molar-refractivity contribution in [3.05, 3.63) is 65.2 Å². The number of nitrogens with one attached hydrogen (secondary N) is 1. The van der Waals surface area contributed by atoms with Gasteiger partial charge in [-0.2, -0.15) is 0 Å². The number of ether oxygens (including phenoxy) is 1. The first-order chi connectivity index (χ1) is 13.3. The summed E-state index contributed by atoms with van der Waals surface area (Å²) in [6.07, 6.45) is 0. The molecule has 0 bridgehead atoms. The number of benzene rings is 2. The van der Waals surface area contributed by atoms with Gasteiger partial charge >= 0.3 is 0 Å². The van der Waals surface area contributed by atoms with E-state index in [1.54, 1.807) is 31.5 Å². The Morgan fingerprint density at radius 2 is 1.93 bits per heavy atom. The van der Waals surface area contributed by atoms with Gasteiger partial charge in [0.25, 0.3) is 5.91 Å². The van der Waals surface area contributed by atoms with Crippen LogP contribution in [0.4, 0.5) is 0 Å². The predicted molar refractivity (Wildman–Crippen MR) is 108 cm³/mol. The molecular formula is C19H19N3O4S2. The van der Waals surface area contributed by atoms with Gasteiger partial charge in [0.05, 0.1) is 18.0 Å². The number of methoxy groups -OCH3 is 1. The van der Waals surface area contributed by atoms with Gasteiger partial charge in [-0.3, -0.25) is 4.79 Å². The molecule has 2 aromatic carbocycles. The number of sulfonamides is 1. The largest absolute Gasteiger partial charge is 0.497 e. The average Bonchev–Trinajstić information content (AvgIpc) is 3.18. The Hall–Kier alpha value is -2.75. The molecule has 146 valence electrons. The summed E-state index contributed by atoms with van der Waals surface area (Å²) in [6.45, 7) is 1.76. The molecule has 3 N–H and O–H groups in total. The van der Waals surface area contributed by atoms with E-state index in [-0.39, 0.29) is 10.8 Å². The van der Waals surface area contributed by atoms with Crippen LogP contribution in [-0.2, 0) is 10.0 Å². The van der Waals surface area contributed by atoms with Crippen molar-refractivity contribution in [1.82, 2.24) is 10.3 Å². The Kier molecular flexibility index (Phi) is 5.78. The van der Waals surface area contributed by atoms with Crippen LogP contribution in [0, 0.1) is 0 Å². The number of hydrogen-bond donors (Lipinski definition) is 2. The molecular weight excluding hydrogens is 398 g/mol. The molecule has 0 spiro atoms.